The molecule has 1 aromatic heterocycles. The summed E-state index contributed by atoms with van der Waals surface area (Å²) >= 11 is 3.45. The van der Waals surface area contributed by atoms with Gasteiger partial charge in [0.05, 0.1) is 12.8 Å². The molecule has 0 saturated heterocycles. The van der Waals surface area contributed by atoms with Gasteiger partial charge in [0.2, 0.25) is 0 Å². The maximum absolute atomic E-state index is 13.4. The van der Waals surface area contributed by atoms with Gasteiger partial charge >= 0.3 is 0 Å². The number of benzene rings is 1. The van der Waals surface area contributed by atoms with Crippen LogP contribution in [0.15, 0.2) is 45.5 Å². The first-order chi connectivity index (χ1) is 9.11. The van der Waals surface area contributed by atoms with Crippen LogP contribution in [0.5, 0.6) is 0 Å². The Kier molecular flexibility index (Phi) is 4.74. The number of hydrogen-bond donors (Lipinski definition) is 1. The van der Waals surface area contributed by atoms with E-state index in [1.807, 2.05) is 24.1 Å². The highest BCUT2D eigenvalue weighted by atomic mass is 79.9. The lowest BCUT2D eigenvalue weighted by atomic mass is 10.1. The van der Waals surface area contributed by atoms with Gasteiger partial charge in [-0.25, -0.2) is 4.39 Å². The molecule has 2 rings (SSSR count). The average molecular weight is 327 g/mol. The molecule has 3 nitrogen and oxygen atoms in total. The van der Waals surface area contributed by atoms with E-state index < -0.39 is 0 Å². The summed E-state index contributed by atoms with van der Waals surface area (Å²) < 4.78 is 19.6. The maximum Gasteiger partial charge on any atom is 0.123 e. The number of nitrogens with two attached hydrogens (primary N) is 1. The van der Waals surface area contributed by atoms with Crippen LogP contribution in [0, 0.1) is 5.82 Å². The first kappa shape index (κ1) is 14.2. The molecule has 2 aromatic rings. The third-order valence-corrected chi connectivity index (χ3v) is 3.78. The quantitative estimate of drug-likeness (QED) is 0.916. The maximum atomic E-state index is 13.4. The molecule has 0 bridgehead atoms. The SMILES string of the molecule is CN(Cc1ccco1)C(CN)c1cc(F)ccc1Br. The molecule has 19 heavy (non-hydrogen) atoms. The fourth-order valence-electron chi connectivity index (χ4n) is 2.07. The predicted octanol–water partition coefficient (Wildman–Crippen LogP) is 3.31. The van der Waals surface area contributed by atoms with E-state index in [4.69, 9.17) is 10.2 Å². The van der Waals surface area contributed by atoms with Crippen LogP contribution in [0.3, 0.4) is 0 Å². The van der Waals surface area contributed by atoms with Crippen LogP contribution < -0.4 is 5.73 Å². The van der Waals surface area contributed by atoms with Gasteiger partial charge < -0.3 is 10.2 Å². The zero-order valence-electron chi connectivity index (χ0n) is 10.6. The van der Waals surface area contributed by atoms with E-state index in [0.717, 1.165) is 15.8 Å². The van der Waals surface area contributed by atoms with E-state index in [1.165, 1.54) is 12.1 Å². The molecule has 5 heteroatoms. The summed E-state index contributed by atoms with van der Waals surface area (Å²) in [4.78, 5) is 2.04. The molecule has 102 valence electrons. The van der Waals surface area contributed by atoms with Gasteiger partial charge in [-0.15, -0.1) is 0 Å². The number of nitrogens with zero attached hydrogens (tertiary/aromatic N) is 1. The fraction of sp³-hybridized carbons (Fsp3) is 0.286. The number of furan rings is 1. The van der Waals surface area contributed by atoms with Crippen molar-refractivity contribution < 1.29 is 8.81 Å². The van der Waals surface area contributed by atoms with Gasteiger partial charge in [0, 0.05) is 17.1 Å². The van der Waals surface area contributed by atoms with Gasteiger partial charge in [0.25, 0.3) is 0 Å². The van der Waals surface area contributed by atoms with Crippen molar-refractivity contribution in [1.82, 2.24) is 4.90 Å². The summed E-state index contributed by atoms with van der Waals surface area (Å²) in [6, 6.07) is 8.32. The topological polar surface area (TPSA) is 42.4 Å². The summed E-state index contributed by atoms with van der Waals surface area (Å²) in [6.45, 7) is 1.02. The smallest absolute Gasteiger partial charge is 0.123 e. The van der Waals surface area contributed by atoms with Crippen LogP contribution in [-0.4, -0.2) is 18.5 Å². The molecule has 0 amide bonds. The highest BCUT2D eigenvalue weighted by Gasteiger charge is 2.19. The second kappa shape index (κ2) is 6.32. The van der Waals surface area contributed by atoms with Crippen LogP contribution in [0.1, 0.15) is 17.4 Å². The summed E-state index contributed by atoms with van der Waals surface area (Å²) in [5.74, 6) is 0.594. The van der Waals surface area contributed by atoms with E-state index >= 15 is 0 Å². The second-order valence-corrected chi connectivity index (χ2v) is 5.27. The number of hydrogen-bond acceptors (Lipinski definition) is 3. The zero-order valence-corrected chi connectivity index (χ0v) is 12.2. The van der Waals surface area contributed by atoms with E-state index in [2.05, 4.69) is 15.9 Å². The molecule has 1 unspecified atom stereocenters. The Balaban J connectivity index is 2.21. The van der Waals surface area contributed by atoms with E-state index in [9.17, 15) is 4.39 Å². The normalized spacial score (nSPS) is 12.9. The number of likely N-dealkylation sites (N-methyl/N-ethyl adjacent to an activating group) is 1. The largest absolute Gasteiger partial charge is 0.468 e. The predicted molar refractivity (Wildman–Crippen MR) is 76.1 cm³/mol. The molecule has 0 aliphatic heterocycles. The van der Waals surface area contributed by atoms with Crippen molar-refractivity contribution in [1.29, 1.82) is 0 Å². The van der Waals surface area contributed by atoms with Crippen LogP contribution in [0.25, 0.3) is 0 Å². The lowest BCUT2D eigenvalue weighted by Crippen LogP contribution is -2.30. The standard InChI is InChI=1S/C14H16BrFN2O/c1-18(9-11-3-2-6-19-11)14(8-17)12-7-10(16)4-5-13(12)15/h2-7,14H,8-9,17H2,1H3. The van der Waals surface area contributed by atoms with E-state index in [0.29, 0.717) is 13.1 Å². The van der Waals surface area contributed by atoms with E-state index in [1.54, 1.807) is 12.3 Å². The van der Waals surface area contributed by atoms with Crippen molar-refractivity contribution in [2.45, 2.75) is 12.6 Å². The monoisotopic (exact) mass is 326 g/mol. The first-order valence-electron chi connectivity index (χ1n) is 5.99. The van der Waals surface area contributed by atoms with Crippen molar-refractivity contribution in [3.63, 3.8) is 0 Å². The van der Waals surface area contributed by atoms with Crippen LogP contribution in [0.2, 0.25) is 0 Å². The van der Waals surface area contributed by atoms with Crippen LogP contribution in [0.4, 0.5) is 4.39 Å². The minimum Gasteiger partial charge on any atom is -0.468 e. The Morgan fingerprint density at radius 1 is 1.42 bits per heavy atom. The molecule has 0 radical (unpaired) electrons. The van der Waals surface area contributed by atoms with Crippen molar-refractivity contribution >= 4 is 15.9 Å². The number of halogens is 2. The van der Waals surface area contributed by atoms with Crippen molar-refractivity contribution in [3.05, 3.63) is 58.2 Å². The van der Waals surface area contributed by atoms with Crippen molar-refractivity contribution in [3.8, 4) is 0 Å². The Labute approximate surface area is 120 Å². The second-order valence-electron chi connectivity index (χ2n) is 4.41. The zero-order chi connectivity index (χ0) is 13.8. The van der Waals surface area contributed by atoms with Crippen molar-refractivity contribution in [2.24, 2.45) is 5.73 Å². The highest BCUT2D eigenvalue weighted by Crippen LogP contribution is 2.28. The molecule has 1 aromatic carbocycles. The molecule has 1 heterocycles. The molecular formula is C14H16BrFN2O. The molecule has 0 aliphatic rings. The molecule has 0 aliphatic carbocycles. The van der Waals surface area contributed by atoms with Crippen molar-refractivity contribution in [2.75, 3.05) is 13.6 Å². The Hall–Kier alpha value is -1.17. The van der Waals surface area contributed by atoms with Gasteiger partial charge in [0.1, 0.15) is 11.6 Å². The number of rotatable bonds is 5. The lowest BCUT2D eigenvalue weighted by molar-refractivity contribution is 0.222. The minimum absolute atomic E-state index is 0.0739. The van der Waals surface area contributed by atoms with Crippen LogP contribution >= 0.6 is 15.9 Å². The first-order valence-corrected chi connectivity index (χ1v) is 6.78. The van der Waals surface area contributed by atoms with Gasteiger partial charge in [0.15, 0.2) is 0 Å². The molecule has 2 N–H and O–H groups in total. The van der Waals surface area contributed by atoms with Gasteiger partial charge in [-0.2, -0.15) is 0 Å². The molecule has 0 spiro atoms. The fourth-order valence-corrected chi connectivity index (χ4v) is 2.58. The highest BCUT2D eigenvalue weighted by molar-refractivity contribution is 9.10. The van der Waals surface area contributed by atoms with Gasteiger partial charge in [-0.05, 0) is 42.9 Å². The summed E-state index contributed by atoms with van der Waals surface area (Å²) in [6.07, 6.45) is 1.64. The minimum atomic E-state index is -0.261. The third-order valence-electron chi connectivity index (χ3n) is 3.06. The molecule has 1 atom stereocenters. The molecule has 0 saturated carbocycles. The lowest BCUT2D eigenvalue weighted by Gasteiger charge is -2.27. The third kappa shape index (κ3) is 3.43. The molecule has 0 fully saturated rings. The van der Waals surface area contributed by atoms with E-state index in [-0.39, 0.29) is 11.9 Å². The summed E-state index contributed by atoms with van der Waals surface area (Å²) in [5, 5.41) is 0. The average Bonchev–Trinajstić information content (AvgIpc) is 2.87. The van der Waals surface area contributed by atoms with Gasteiger partial charge in [-0.3, -0.25) is 4.90 Å². The Morgan fingerprint density at radius 3 is 2.84 bits per heavy atom. The van der Waals surface area contributed by atoms with Crippen LogP contribution in [-0.2, 0) is 6.54 Å². The molecular weight excluding hydrogens is 311 g/mol. The van der Waals surface area contributed by atoms with Gasteiger partial charge in [-0.1, -0.05) is 15.9 Å². The Bertz CT molecular complexity index is 530. The Morgan fingerprint density at radius 2 is 2.21 bits per heavy atom. The summed E-state index contributed by atoms with van der Waals surface area (Å²) in [7, 11) is 1.94. The summed E-state index contributed by atoms with van der Waals surface area (Å²) in [5.41, 5.74) is 6.68.